The van der Waals surface area contributed by atoms with Crippen molar-refractivity contribution in [3.63, 3.8) is 0 Å². The van der Waals surface area contributed by atoms with Gasteiger partial charge in [0.05, 0.1) is 27.7 Å². The maximum absolute atomic E-state index is 13.6. The van der Waals surface area contributed by atoms with Crippen LogP contribution in [0.2, 0.25) is 5.02 Å². The van der Waals surface area contributed by atoms with Crippen molar-refractivity contribution in [2.45, 2.75) is 59.4 Å². The molecule has 1 heterocycles. The van der Waals surface area contributed by atoms with Gasteiger partial charge in [-0.3, -0.25) is 14.2 Å². The first-order valence-electron chi connectivity index (χ1n) is 11.4. The maximum atomic E-state index is 13.6. The molecule has 1 amide bonds. The third-order valence-electron chi connectivity index (χ3n) is 5.61. The van der Waals surface area contributed by atoms with Crippen LogP contribution in [0.1, 0.15) is 65.2 Å². The molecule has 0 saturated carbocycles. The molecule has 0 aliphatic rings. The van der Waals surface area contributed by atoms with Gasteiger partial charge in [0, 0.05) is 13.0 Å². The highest BCUT2D eigenvalue weighted by atomic mass is 35.5. The normalized spacial score (nSPS) is 12.3. The number of halogens is 1. The monoisotopic (exact) mass is 453 g/mol. The van der Waals surface area contributed by atoms with Crippen molar-refractivity contribution in [1.29, 1.82) is 0 Å². The van der Waals surface area contributed by atoms with E-state index in [1.807, 2.05) is 48.2 Å². The zero-order valence-electron chi connectivity index (χ0n) is 19.3. The highest BCUT2D eigenvalue weighted by molar-refractivity contribution is 6.32. The average molecular weight is 454 g/mol. The fourth-order valence-electron chi connectivity index (χ4n) is 3.97. The molecule has 32 heavy (non-hydrogen) atoms. The second kappa shape index (κ2) is 10.8. The highest BCUT2D eigenvalue weighted by Gasteiger charge is 2.27. The van der Waals surface area contributed by atoms with Crippen molar-refractivity contribution >= 4 is 28.4 Å². The van der Waals surface area contributed by atoms with E-state index in [2.05, 4.69) is 20.8 Å². The summed E-state index contributed by atoms with van der Waals surface area (Å²) >= 11 is 6.50. The van der Waals surface area contributed by atoms with Crippen molar-refractivity contribution in [2.24, 2.45) is 5.92 Å². The van der Waals surface area contributed by atoms with Gasteiger partial charge in [-0.25, -0.2) is 4.98 Å². The van der Waals surface area contributed by atoms with Crippen LogP contribution in [0, 0.1) is 5.92 Å². The van der Waals surface area contributed by atoms with Crippen LogP contribution in [0.4, 0.5) is 0 Å². The second-order valence-electron chi connectivity index (χ2n) is 8.65. The Morgan fingerprint density at radius 3 is 2.44 bits per heavy atom. The van der Waals surface area contributed by atoms with E-state index in [0.29, 0.717) is 40.4 Å². The summed E-state index contributed by atoms with van der Waals surface area (Å²) < 4.78 is 1.57. The molecule has 0 aliphatic carbocycles. The summed E-state index contributed by atoms with van der Waals surface area (Å²) in [5, 5.41) is 0.984. The number of fused-ring (bicyclic) bond motifs is 1. The summed E-state index contributed by atoms with van der Waals surface area (Å²) in [7, 11) is 0. The molecule has 1 aromatic heterocycles. The molecule has 3 aromatic rings. The molecule has 0 bridgehead atoms. The van der Waals surface area contributed by atoms with Crippen LogP contribution in [0.5, 0.6) is 0 Å². The van der Waals surface area contributed by atoms with E-state index in [0.717, 1.165) is 19.3 Å². The van der Waals surface area contributed by atoms with Gasteiger partial charge in [0.15, 0.2) is 0 Å². The summed E-state index contributed by atoms with van der Waals surface area (Å²) in [6.07, 6.45) is 3.44. The molecule has 6 heteroatoms. The van der Waals surface area contributed by atoms with Crippen LogP contribution in [0.25, 0.3) is 16.6 Å². The molecular weight excluding hydrogens is 422 g/mol. The molecule has 0 N–H and O–H groups in total. The predicted octanol–water partition coefficient (Wildman–Crippen LogP) is 6.17. The molecule has 0 fully saturated rings. The maximum Gasteiger partial charge on any atom is 0.266 e. The van der Waals surface area contributed by atoms with E-state index in [1.165, 1.54) is 0 Å². The number of nitrogens with zero attached hydrogens (tertiary/aromatic N) is 3. The van der Waals surface area contributed by atoms with Crippen LogP contribution < -0.4 is 5.56 Å². The molecule has 3 rings (SSSR count). The Bertz CT molecular complexity index is 1140. The van der Waals surface area contributed by atoms with Crippen molar-refractivity contribution in [3.8, 4) is 5.69 Å². The van der Waals surface area contributed by atoms with Gasteiger partial charge in [-0.2, -0.15) is 0 Å². The largest absolute Gasteiger partial charge is 0.333 e. The lowest BCUT2D eigenvalue weighted by atomic mass is 10.1. The van der Waals surface area contributed by atoms with Crippen LogP contribution >= 0.6 is 11.6 Å². The third-order valence-corrected chi connectivity index (χ3v) is 5.93. The number of rotatable bonds is 9. The van der Waals surface area contributed by atoms with Gasteiger partial charge in [-0.15, -0.1) is 0 Å². The molecule has 5 nitrogen and oxygen atoms in total. The quantitative estimate of drug-likeness (QED) is 0.364. The average Bonchev–Trinajstić information content (AvgIpc) is 2.77. The van der Waals surface area contributed by atoms with E-state index in [1.54, 1.807) is 16.7 Å². The first kappa shape index (κ1) is 24.0. The van der Waals surface area contributed by atoms with Gasteiger partial charge in [-0.05, 0) is 43.5 Å². The number of unbranched alkanes of at least 4 members (excludes halogenated alkanes) is 2. The number of amides is 1. The molecule has 170 valence electrons. The smallest absolute Gasteiger partial charge is 0.266 e. The number of hydrogen-bond acceptors (Lipinski definition) is 3. The first-order chi connectivity index (χ1) is 15.3. The summed E-state index contributed by atoms with van der Waals surface area (Å²) in [6, 6.07) is 14.2. The second-order valence-corrected chi connectivity index (χ2v) is 9.06. The minimum Gasteiger partial charge on any atom is -0.333 e. The SMILES string of the molecule is CCCCCC(=O)N(CC(C)C)C(C)c1nc2ccccc2c(=O)n1-c1ccccc1Cl. The summed E-state index contributed by atoms with van der Waals surface area (Å²) in [4.78, 5) is 33.5. The molecule has 1 atom stereocenters. The summed E-state index contributed by atoms with van der Waals surface area (Å²) in [6.45, 7) is 8.85. The van der Waals surface area contributed by atoms with Crippen molar-refractivity contribution in [2.75, 3.05) is 6.54 Å². The molecular formula is C26H32ClN3O2. The Balaban J connectivity index is 2.18. The zero-order valence-corrected chi connectivity index (χ0v) is 20.1. The third kappa shape index (κ3) is 5.21. The molecule has 2 aromatic carbocycles. The Kier molecular flexibility index (Phi) is 8.08. The molecule has 1 unspecified atom stereocenters. The molecule has 0 spiro atoms. The van der Waals surface area contributed by atoms with Gasteiger partial charge >= 0.3 is 0 Å². The van der Waals surface area contributed by atoms with E-state index < -0.39 is 0 Å². The fourth-order valence-corrected chi connectivity index (χ4v) is 4.19. The van der Waals surface area contributed by atoms with Gasteiger partial charge in [0.25, 0.3) is 5.56 Å². The number of hydrogen-bond donors (Lipinski definition) is 0. The highest BCUT2D eigenvalue weighted by Crippen LogP contribution is 2.27. The number of carbonyl (C=O) groups is 1. The van der Waals surface area contributed by atoms with E-state index in [4.69, 9.17) is 16.6 Å². The predicted molar refractivity (Wildman–Crippen MR) is 131 cm³/mol. The van der Waals surface area contributed by atoms with Crippen molar-refractivity contribution < 1.29 is 4.79 Å². The minimum absolute atomic E-state index is 0.0905. The van der Waals surface area contributed by atoms with Crippen LogP contribution in [-0.2, 0) is 4.79 Å². The Hall–Kier alpha value is -2.66. The fraction of sp³-hybridized carbons (Fsp3) is 0.423. The first-order valence-corrected chi connectivity index (χ1v) is 11.8. The van der Waals surface area contributed by atoms with Crippen molar-refractivity contribution in [1.82, 2.24) is 14.5 Å². The summed E-state index contributed by atoms with van der Waals surface area (Å²) in [5.41, 5.74) is 1.00. The van der Waals surface area contributed by atoms with Crippen LogP contribution in [0.15, 0.2) is 53.3 Å². The van der Waals surface area contributed by atoms with E-state index >= 15 is 0 Å². The number of benzene rings is 2. The minimum atomic E-state index is -0.389. The lowest BCUT2D eigenvalue weighted by Gasteiger charge is -2.32. The lowest BCUT2D eigenvalue weighted by Crippen LogP contribution is -2.39. The van der Waals surface area contributed by atoms with Gasteiger partial charge < -0.3 is 4.90 Å². The standard InChI is InChI=1S/C26H32ClN3O2/c1-5-6-7-16-24(31)29(17-18(2)3)19(4)25-28-22-14-10-8-12-20(22)26(32)30(25)23-15-11-9-13-21(23)27/h8-15,18-19H,5-7,16-17H2,1-4H3. The van der Waals surface area contributed by atoms with E-state index in [-0.39, 0.29) is 23.4 Å². The lowest BCUT2D eigenvalue weighted by molar-refractivity contribution is -0.134. The zero-order chi connectivity index (χ0) is 23.3. The molecule has 0 radical (unpaired) electrons. The molecule has 0 aliphatic heterocycles. The Labute approximate surface area is 195 Å². The number of carbonyl (C=O) groups excluding carboxylic acids is 1. The Morgan fingerprint density at radius 1 is 1.06 bits per heavy atom. The summed E-state index contributed by atoms with van der Waals surface area (Å²) in [5.74, 6) is 0.896. The van der Waals surface area contributed by atoms with Gasteiger partial charge in [0.1, 0.15) is 5.82 Å². The number of aromatic nitrogens is 2. The van der Waals surface area contributed by atoms with Gasteiger partial charge in [-0.1, -0.05) is 69.5 Å². The van der Waals surface area contributed by atoms with Crippen LogP contribution in [0.3, 0.4) is 0 Å². The van der Waals surface area contributed by atoms with Crippen LogP contribution in [-0.4, -0.2) is 26.9 Å². The Morgan fingerprint density at radius 2 is 1.75 bits per heavy atom. The van der Waals surface area contributed by atoms with Gasteiger partial charge in [0.2, 0.25) is 5.91 Å². The molecule has 0 saturated heterocycles. The number of para-hydroxylation sites is 2. The van der Waals surface area contributed by atoms with Crippen molar-refractivity contribution in [3.05, 3.63) is 69.7 Å². The topological polar surface area (TPSA) is 55.2 Å². The van der Waals surface area contributed by atoms with E-state index in [9.17, 15) is 9.59 Å².